The van der Waals surface area contributed by atoms with Crippen LogP contribution in [0.4, 0.5) is 10.2 Å². The van der Waals surface area contributed by atoms with Crippen LogP contribution in [0.15, 0.2) is 17.4 Å². The molecule has 3 heterocycles. The van der Waals surface area contributed by atoms with E-state index in [-0.39, 0.29) is 12.0 Å². The first-order valence-electron chi connectivity index (χ1n) is 6.70. The maximum atomic E-state index is 13.9. The number of hydrogen-bond acceptors (Lipinski definition) is 5. The average Bonchev–Trinajstić information content (AvgIpc) is 3.04. The van der Waals surface area contributed by atoms with E-state index in [2.05, 4.69) is 25.5 Å². The van der Waals surface area contributed by atoms with Crippen LogP contribution in [0.2, 0.25) is 0 Å². The van der Waals surface area contributed by atoms with E-state index < -0.39 is 6.17 Å². The van der Waals surface area contributed by atoms with Gasteiger partial charge in [-0.1, -0.05) is 13.8 Å². The number of nitrogens with two attached hydrogens (primary N) is 1. The quantitative estimate of drug-likeness (QED) is 0.794. The van der Waals surface area contributed by atoms with Crippen molar-refractivity contribution < 1.29 is 4.39 Å². The number of nitrogen functional groups attached to an aromatic ring is 1. The molecule has 0 spiro atoms. The first-order chi connectivity index (χ1) is 9.61. The van der Waals surface area contributed by atoms with Crippen LogP contribution in [0.3, 0.4) is 0 Å². The lowest BCUT2D eigenvalue weighted by molar-refractivity contribution is 0.231. The van der Waals surface area contributed by atoms with E-state index in [1.54, 1.807) is 6.20 Å². The van der Waals surface area contributed by atoms with E-state index in [1.807, 2.05) is 19.9 Å². The average molecular weight is 276 g/mol. The first-order valence-corrected chi connectivity index (χ1v) is 6.70. The number of H-pyrrole nitrogens is 1. The van der Waals surface area contributed by atoms with Gasteiger partial charge in [0.25, 0.3) is 0 Å². The van der Waals surface area contributed by atoms with Gasteiger partial charge in [-0.2, -0.15) is 5.10 Å². The lowest BCUT2D eigenvalue weighted by Gasteiger charge is -2.19. The van der Waals surface area contributed by atoms with E-state index >= 15 is 0 Å². The molecule has 0 fully saturated rings. The highest BCUT2D eigenvalue weighted by Crippen LogP contribution is 2.24. The Kier molecular flexibility index (Phi) is 3.04. The number of alkyl halides is 1. The Balaban J connectivity index is 1.96. The third-order valence-electron chi connectivity index (χ3n) is 3.76. The summed E-state index contributed by atoms with van der Waals surface area (Å²) in [5, 5.41) is 4.98. The van der Waals surface area contributed by atoms with Crippen LogP contribution in [0.1, 0.15) is 26.1 Å². The molecule has 0 saturated heterocycles. The zero-order chi connectivity index (χ0) is 14.3. The number of rotatable bonds is 3. The van der Waals surface area contributed by atoms with Gasteiger partial charge in [-0.25, -0.2) is 14.4 Å². The van der Waals surface area contributed by atoms with Gasteiger partial charge in [-0.15, -0.1) is 0 Å². The van der Waals surface area contributed by atoms with Crippen molar-refractivity contribution in [1.82, 2.24) is 20.4 Å². The Morgan fingerprint density at radius 2 is 2.25 bits per heavy atom. The summed E-state index contributed by atoms with van der Waals surface area (Å²) in [6.07, 6.45) is 1.26. The summed E-state index contributed by atoms with van der Waals surface area (Å²) in [4.78, 5) is 11.7. The Hall–Kier alpha value is -2.18. The van der Waals surface area contributed by atoms with Crippen LogP contribution in [-0.4, -0.2) is 32.9 Å². The minimum Gasteiger partial charge on any atom is -0.383 e. The zero-order valence-electron chi connectivity index (χ0n) is 11.4. The fourth-order valence-electron chi connectivity index (χ4n) is 2.51. The molecular formula is C13H17FN6. The van der Waals surface area contributed by atoms with E-state index in [9.17, 15) is 4.39 Å². The molecule has 3 rings (SSSR count). The summed E-state index contributed by atoms with van der Waals surface area (Å²) < 4.78 is 13.9. The van der Waals surface area contributed by atoms with Gasteiger partial charge >= 0.3 is 0 Å². The molecule has 1 aliphatic heterocycles. The van der Waals surface area contributed by atoms with Crippen molar-refractivity contribution in [3.63, 3.8) is 0 Å². The van der Waals surface area contributed by atoms with Gasteiger partial charge in [-0.3, -0.25) is 0 Å². The summed E-state index contributed by atoms with van der Waals surface area (Å²) in [7, 11) is 0. The summed E-state index contributed by atoms with van der Waals surface area (Å²) in [6.45, 7) is 3.74. The van der Waals surface area contributed by atoms with E-state index in [4.69, 9.17) is 5.73 Å². The van der Waals surface area contributed by atoms with Crippen molar-refractivity contribution in [1.29, 1.82) is 0 Å². The lowest BCUT2D eigenvalue weighted by atomic mass is 9.93. The molecule has 3 atom stereocenters. The van der Waals surface area contributed by atoms with E-state index in [0.29, 0.717) is 29.4 Å². The molecule has 20 heavy (non-hydrogen) atoms. The van der Waals surface area contributed by atoms with Gasteiger partial charge in [0.2, 0.25) is 0 Å². The van der Waals surface area contributed by atoms with Crippen molar-refractivity contribution >= 4 is 22.6 Å². The molecule has 6 nitrogen and oxygen atoms in total. The van der Waals surface area contributed by atoms with Crippen molar-refractivity contribution in [2.75, 3.05) is 5.73 Å². The monoisotopic (exact) mass is 276 g/mol. The molecule has 2 aromatic rings. The number of aromatic amines is 1. The molecule has 7 heteroatoms. The van der Waals surface area contributed by atoms with Crippen LogP contribution in [-0.2, 0) is 0 Å². The zero-order valence-corrected chi connectivity index (χ0v) is 11.4. The van der Waals surface area contributed by atoms with Crippen molar-refractivity contribution in [3.8, 4) is 0 Å². The standard InChI is InChI=1S/C13H17FN6/c1-3-8(14)9-6(2)10(20-19-9)13-17-11(15)7-4-5-16-12(7)18-13/h4-6,8-9,19H,3H2,1-2H3,(H3,15,16,17,18). The van der Waals surface area contributed by atoms with Gasteiger partial charge in [0.15, 0.2) is 5.82 Å². The second-order valence-electron chi connectivity index (χ2n) is 5.04. The number of nitrogens with zero attached hydrogens (tertiary/aromatic N) is 3. The summed E-state index contributed by atoms with van der Waals surface area (Å²) in [5.74, 6) is 0.747. The Bertz CT molecular complexity index is 664. The second-order valence-corrected chi connectivity index (χ2v) is 5.04. The predicted octanol–water partition coefficient (Wildman–Crippen LogP) is 1.60. The molecule has 0 radical (unpaired) electrons. The maximum absolute atomic E-state index is 13.9. The van der Waals surface area contributed by atoms with Gasteiger partial charge in [0.05, 0.1) is 11.4 Å². The van der Waals surface area contributed by atoms with Crippen LogP contribution < -0.4 is 11.2 Å². The molecule has 0 aromatic carbocycles. The normalized spacial score (nSPS) is 23.6. The minimum atomic E-state index is -0.946. The number of nitrogens with one attached hydrogen (secondary N) is 2. The maximum Gasteiger partial charge on any atom is 0.180 e. The Morgan fingerprint density at radius 3 is 3.00 bits per heavy atom. The molecule has 4 N–H and O–H groups in total. The molecule has 2 aromatic heterocycles. The number of hydrogen-bond donors (Lipinski definition) is 3. The van der Waals surface area contributed by atoms with Gasteiger partial charge in [0.1, 0.15) is 23.3 Å². The third-order valence-corrected chi connectivity index (χ3v) is 3.76. The summed E-state index contributed by atoms with van der Waals surface area (Å²) in [5.41, 5.74) is 10.1. The minimum absolute atomic E-state index is 0.100. The second kappa shape index (κ2) is 4.73. The molecule has 0 saturated carbocycles. The van der Waals surface area contributed by atoms with Crippen LogP contribution in [0, 0.1) is 5.92 Å². The highest BCUT2D eigenvalue weighted by Gasteiger charge is 2.35. The third kappa shape index (κ3) is 1.90. The summed E-state index contributed by atoms with van der Waals surface area (Å²) in [6, 6.07) is 1.49. The number of hydrazone groups is 1. The number of anilines is 1. The fourth-order valence-corrected chi connectivity index (χ4v) is 2.51. The molecule has 0 aliphatic carbocycles. The van der Waals surface area contributed by atoms with E-state index in [1.165, 1.54) is 0 Å². The van der Waals surface area contributed by atoms with Crippen molar-refractivity contribution in [2.45, 2.75) is 32.5 Å². The Labute approximate surface area is 115 Å². The summed E-state index contributed by atoms with van der Waals surface area (Å²) >= 11 is 0. The molecule has 0 amide bonds. The van der Waals surface area contributed by atoms with Gasteiger partial charge < -0.3 is 16.1 Å². The van der Waals surface area contributed by atoms with Crippen LogP contribution >= 0.6 is 0 Å². The van der Waals surface area contributed by atoms with Crippen molar-refractivity contribution in [2.24, 2.45) is 11.0 Å². The fraction of sp³-hybridized carbons (Fsp3) is 0.462. The Morgan fingerprint density at radius 1 is 1.45 bits per heavy atom. The molecule has 3 unspecified atom stereocenters. The largest absolute Gasteiger partial charge is 0.383 e. The molecule has 0 bridgehead atoms. The van der Waals surface area contributed by atoms with Gasteiger partial charge in [-0.05, 0) is 12.5 Å². The first kappa shape index (κ1) is 12.8. The highest BCUT2D eigenvalue weighted by atomic mass is 19.1. The SMILES string of the molecule is CCC(F)C1NN=C(c2nc(N)c3cc[nH]c3n2)C1C. The van der Waals surface area contributed by atoms with E-state index in [0.717, 1.165) is 5.39 Å². The topological polar surface area (TPSA) is 92.0 Å². The molecule has 1 aliphatic rings. The molecule has 106 valence electrons. The highest BCUT2D eigenvalue weighted by molar-refractivity contribution is 6.02. The number of halogens is 1. The van der Waals surface area contributed by atoms with Crippen LogP contribution in [0.5, 0.6) is 0 Å². The molecular weight excluding hydrogens is 259 g/mol. The lowest BCUT2D eigenvalue weighted by Crippen LogP contribution is -2.37. The number of aromatic nitrogens is 3. The smallest absolute Gasteiger partial charge is 0.180 e. The number of fused-ring (bicyclic) bond motifs is 1. The predicted molar refractivity (Wildman–Crippen MR) is 76.1 cm³/mol. The van der Waals surface area contributed by atoms with Gasteiger partial charge in [0, 0.05) is 12.1 Å². The van der Waals surface area contributed by atoms with Crippen LogP contribution in [0.25, 0.3) is 11.0 Å². The van der Waals surface area contributed by atoms with Crippen molar-refractivity contribution in [3.05, 3.63) is 18.1 Å².